The smallest absolute Gasteiger partial charge is 0.220 e. The molecular formula is C32H35FN2O4. The summed E-state index contributed by atoms with van der Waals surface area (Å²) in [6.07, 6.45) is 3.35. The second-order valence-electron chi connectivity index (χ2n) is 10.4. The first-order valence-corrected chi connectivity index (χ1v) is 13.4. The summed E-state index contributed by atoms with van der Waals surface area (Å²) in [6.45, 7) is 0.386. The van der Waals surface area contributed by atoms with Crippen LogP contribution in [-0.4, -0.2) is 42.9 Å². The second-order valence-corrected chi connectivity index (χ2v) is 10.4. The molecule has 0 radical (unpaired) electrons. The maximum atomic E-state index is 13.4. The second kappa shape index (κ2) is 11.5. The van der Waals surface area contributed by atoms with Crippen molar-refractivity contribution in [3.63, 3.8) is 0 Å². The van der Waals surface area contributed by atoms with E-state index in [2.05, 4.69) is 16.4 Å². The number of carbonyl (C=O) groups excluding carboxylic acids is 1. The molecule has 39 heavy (non-hydrogen) atoms. The van der Waals surface area contributed by atoms with Crippen LogP contribution in [0.5, 0.6) is 11.5 Å². The number of carbonyl (C=O) groups is 1. The maximum absolute atomic E-state index is 13.4. The molecule has 3 aromatic carbocycles. The number of aromatic nitrogens is 1. The summed E-state index contributed by atoms with van der Waals surface area (Å²) < 4.78 is 24.4. The number of halogens is 1. The minimum Gasteiger partial charge on any atom is -0.497 e. The molecule has 1 aliphatic carbocycles. The molecular weight excluding hydrogens is 495 g/mol. The standard InChI is InChI=1S/C32H35FN2O4/c1-38-23-13-14-26(28(18-23)39-2)31-25(24-6-3-4-7-27(24)35-31)15-16-30(37)34-20-32(17-5-8-29(32)36)19-21-9-11-22(33)12-10-21/h3-4,6-7,9-14,18,29,35-36H,5,8,15-17,19-20H2,1-2H3,(H,34,37). The van der Waals surface area contributed by atoms with E-state index < -0.39 is 11.5 Å². The van der Waals surface area contributed by atoms with Crippen molar-refractivity contribution in [3.8, 4) is 22.8 Å². The van der Waals surface area contributed by atoms with Gasteiger partial charge in [0, 0.05) is 40.9 Å². The van der Waals surface area contributed by atoms with Crippen molar-refractivity contribution in [1.82, 2.24) is 10.3 Å². The fourth-order valence-electron chi connectivity index (χ4n) is 5.90. The largest absolute Gasteiger partial charge is 0.497 e. The van der Waals surface area contributed by atoms with Gasteiger partial charge in [0.05, 0.1) is 26.0 Å². The third-order valence-electron chi connectivity index (χ3n) is 8.06. The number of hydrogen-bond donors (Lipinski definition) is 3. The molecule has 1 heterocycles. The van der Waals surface area contributed by atoms with Gasteiger partial charge in [-0.3, -0.25) is 4.79 Å². The number of ether oxygens (including phenoxy) is 2. The molecule has 5 rings (SSSR count). The van der Waals surface area contributed by atoms with E-state index in [1.165, 1.54) is 12.1 Å². The minimum absolute atomic E-state index is 0.0643. The summed E-state index contributed by atoms with van der Waals surface area (Å²) in [6, 6.07) is 20.2. The first-order valence-electron chi connectivity index (χ1n) is 13.4. The van der Waals surface area contributed by atoms with Gasteiger partial charge in [-0.05, 0) is 67.1 Å². The number of rotatable bonds is 10. The van der Waals surface area contributed by atoms with Gasteiger partial charge in [0.1, 0.15) is 17.3 Å². The van der Waals surface area contributed by atoms with Crippen LogP contribution in [0, 0.1) is 11.2 Å². The third kappa shape index (κ3) is 5.64. The van der Waals surface area contributed by atoms with Crippen LogP contribution >= 0.6 is 0 Å². The van der Waals surface area contributed by atoms with Crippen molar-refractivity contribution < 1.29 is 23.8 Å². The molecule has 0 saturated heterocycles. The number of methoxy groups -OCH3 is 2. The number of aryl methyl sites for hydroxylation is 1. The number of H-pyrrole nitrogens is 1. The van der Waals surface area contributed by atoms with Gasteiger partial charge in [-0.15, -0.1) is 0 Å². The molecule has 1 amide bonds. The van der Waals surface area contributed by atoms with Crippen molar-refractivity contribution >= 4 is 16.8 Å². The number of hydrogen-bond acceptors (Lipinski definition) is 4. The van der Waals surface area contributed by atoms with Gasteiger partial charge < -0.3 is 24.9 Å². The topological polar surface area (TPSA) is 83.6 Å². The van der Waals surface area contributed by atoms with Crippen LogP contribution in [0.15, 0.2) is 66.7 Å². The lowest BCUT2D eigenvalue weighted by atomic mass is 9.78. The lowest BCUT2D eigenvalue weighted by molar-refractivity contribution is -0.121. The van der Waals surface area contributed by atoms with Crippen LogP contribution in [0.4, 0.5) is 4.39 Å². The van der Waals surface area contributed by atoms with Gasteiger partial charge in [-0.25, -0.2) is 4.39 Å². The van der Waals surface area contributed by atoms with Crippen LogP contribution in [0.25, 0.3) is 22.2 Å². The molecule has 1 aliphatic rings. The van der Waals surface area contributed by atoms with E-state index in [9.17, 15) is 14.3 Å². The molecule has 0 spiro atoms. The minimum atomic E-state index is -0.509. The summed E-state index contributed by atoms with van der Waals surface area (Å²) >= 11 is 0. The Morgan fingerprint density at radius 3 is 2.62 bits per heavy atom. The Bertz CT molecular complexity index is 1450. The van der Waals surface area contributed by atoms with E-state index in [1.54, 1.807) is 26.4 Å². The Kier molecular flexibility index (Phi) is 7.89. The Balaban J connectivity index is 1.33. The molecule has 3 N–H and O–H groups in total. The van der Waals surface area contributed by atoms with Crippen molar-refractivity contribution in [2.75, 3.05) is 20.8 Å². The van der Waals surface area contributed by atoms with Crippen LogP contribution in [0.2, 0.25) is 0 Å². The van der Waals surface area contributed by atoms with E-state index in [0.717, 1.165) is 46.1 Å². The number of aliphatic hydroxyl groups is 1. The van der Waals surface area contributed by atoms with Crippen LogP contribution in [0.1, 0.15) is 36.8 Å². The van der Waals surface area contributed by atoms with E-state index in [4.69, 9.17) is 9.47 Å². The van der Waals surface area contributed by atoms with Crippen molar-refractivity contribution in [3.05, 3.63) is 83.7 Å². The van der Waals surface area contributed by atoms with Crippen molar-refractivity contribution in [2.24, 2.45) is 5.41 Å². The molecule has 1 aromatic heterocycles. The number of para-hydroxylation sites is 1. The highest BCUT2D eigenvalue weighted by atomic mass is 19.1. The average molecular weight is 531 g/mol. The van der Waals surface area contributed by atoms with E-state index in [0.29, 0.717) is 43.7 Å². The van der Waals surface area contributed by atoms with Gasteiger partial charge in [0.15, 0.2) is 0 Å². The molecule has 204 valence electrons. The molecule has 2 atom stereocenters. The normalized spacial score (nSPS) is 18.8. The van der Waals surface area contributed by atoms with Gasteiger partial charge in [0.25, 0.3) is 0 Å². The quantitative estimate of drug-likeness (QED) is 0.242. The van der Waals surface area contributed by atoms with Crippen molar-refractivity contribution in [2.45, 2.75) is 44.6 Å². The molecule has 0 bridgehead atoms. The van der Waals surface area contributed by atoms with E-state index in [-0.39, 0.29) is 11.7 Å². The first-order chi connectivity index (χ1) is 18.9. The summed E-state index contributed by atoms with van der Waals surface area (Å²) in [5, 5.41) is 15.0. The number of aliphatic hydroxyl groups excluding tert-OH is 1. The zero-order chi connectivity index (χ0) is 27.4. The third-order valence-corrected chi connectivity index (χ3v) is 8.06. The highest BCUT2D eigenvalue weighted by Crippen LogP contribution is 2.41. The molecule has 1 fully saturated rings. The van der Waals surface area contributed by atoms with Crippen molar-refractivity contribution in [1.29, 1.82) is 0 Å². The summed E-state index contributed by atoms with van der Waals surface area (Å²) in [5.41, 5.74) is 4.37. The maximum Gasteiger partial charge on any atom is 0.220 e. The zero-order valence-electron chi connectivity index (χ0n) is 22.4. The summed E-state index contributed by atoms with van der Waals surface area (Å²) in [4.78, 5) is 16.7. The van der Waals surface area contributed by atoms with E-state index >= 15 is 0 Å². The fraction of sp³-hybridized carbons (Fsp3) is 0.344. The lowest BCUT2D eigenvalue weighted by Gasteiger charge is -2.33. The Morgan fingerprint density at radius 2 is 1.90 bits per heavy atom. The van der Waals surface area contributed by atoms with Gasteiger partial charge >= 0.3 is 0 Å². The Hall–Kier alpha value is -3.84. The zero-order valence-corrected chi connectivity index (χ0v) is 22.4. The molecule has 0 aliphatic heterocycles. The highest BCUT2D eigenvalue weighted by Gasteiger charge is 2.42. The number of aromatic amines is 1. The van der Waals surface area contributed by atoms with Crippen LogP contribution in [-0.2, 0) is 17.6 Å². The van der Waals surface area contributed by atoms with Gasteiger partial charge in [-0.1, -0.05) is 36.8 Å². The molecule has 7 heteroatoms. The number of nitrogens with one attached hydrogen (secondary N) is 2. The molecule has 6 nitrogen and oxygen atoms in total. The lowest BCUT2D eigenvalue weighted by Crippen LogP contribution is -2.44. The summed E-state index contributed by atoms with van der Waals surface area (Å²) in [7, 11) is 3.25. The van der Waals surface area contributed by atoms with Crippen LogP contribution < -0.4 is 14.8 Å². The number of benzene rings is 3. The number of fused-ring (bicyclic) bond motifs is 1. The first kappa shape index (κ1) is 26.8. The predicted molar refractivity (Wildman–Crippen MR) is 151 cm³/mol. The predicted octanol–water partition coefficient (Wildman–Crippen LogP) is 5.81. The monoisotopic (exact) mass is 530 g/mol. The van der Waals surface area contributed by atoms with Crippen LogP contribution in [0.3, 0.4) is 0 Å². The summed E-state index contributed by atoms with van der Waals surface area (Å²) in [5.74, 6) is 1.04. The number of amides is 1. The van der Waals surface area contributed by atoms with Gasteiger partial charge in [0.2, 0.25) is 5.91 Å². The van der Waals surface area contributed by atoms with Gasteiger partial charge in [-0.2, -0.15) is 0 Å². The molecule has 2 unspecified atom stereocenters. The SMILES string of the molecule is COc1ccc(-c2[nH]c3ccccc3c2CCC(=O)NCC2(Cc3ccc(F)cc3)CCCC2O)c(OC)c1. The highest BCUT2D eigenvalue weighted by molar-refractivity contribution is 5.92. The Labute approximate surface area is 228 Å². The fourth-order valence-corrected chi connectivity index (χ4v) is 5.90. The molecule has 1 saturated carbocycles. The Morgan fingerprint density at radius 1 is 1.10 bits per heavy atom. The van der Waals surface area contributed by atoms with E-state index in [1.807, 2.05) is 36.4 Å². The molecule has 4 aromatic rings. The average Bonchev–Trinajstić information content (AvgIpc) is 3.51.